The molecule has 0 aliphatic rings. The topological polar surface area (TPSA) is 98.7 Å². The van der Waals surface area contributed by atoms with E-state index in [0.717, 1.165) is 5.69 Å². The highest BCUT2D eigenvalue weighted by Gasteiger charge is 2.09. The molecule has 8 heteroatoms. The molecule has 3 aromatic rings. The molecule has 1 aromatic carbocycles. The third-order valence-electron chi connectivity index (χ3n) is 2.53. The summed E-state index contributed by atoms with van der Waals surface area (Å²) in [6, 6.07) is 7.16. The van der Waals surface area contributed by atoms with Gasteiger partial charge in [0.15, 0.2) is 5.13 Å². The summed E-state index contributed by atoms with van der Waals surface area (Å²) in [7, 11) is 0. The van der Waals surface area contributed by atoms with Gasteiger partial charge >= 0.3 is 0 Å². The molecule has 0 atom stereocenters. The van der Waals surface area contributed by atoms with Crippen molar-refractivity contribution in [2.45, 2.75) is 0 Å². The van der Waals surface area contributed by atoms with E-state index in [2.05, 4.69) is 20.5 Å². The Hall–Kier alpha value is -2.74. The normalized spacial score (nSPS) is 10.4. The minimum atomic E-state index is -0.289. The third kappa shape index (κ3) is 2.50. The number of benzene rings is 1. The number of nitrogens with zero attached hydrogens (tertiary/aromatic N) is 4. The van der Waals surface area contributed by atoms with E-state index >= 15 is 0 Å². The number of hydrogen-bond donors (Lipinski definition) is 2. The Bertz CT molecular complexity index is 719. The Balaban J connectivity index is 1.74. The molecule has 0 fully saturated rings. The summed E-state index contributed by atoms with van der Waals surface area (Å²) in [4.78, 5) is 17.3. The molecule has 0 aliphatic carbocycles. The highest BCUT2D eigenvalue weighted by molar-refractivity contribution is 7.13. The van der Waals surface area contributed by atoms with Gasteiger partial charge in [-0.05, 0) is 24.3 Å². The van der Waals surface area contributed by atoms with Gasteiger partial charge in [0.25, 0.3) is 5.91 Å². The smallest absolute Gasteiger partial charge is 0.275 e. The lowest BCUT2D eigenvalue weighted by Crippen LogP contribution is -2.12. The van der Waals surface area contributed by atoms with Crippen LogP contribution in [0.4, 0.5) is 10.8 Å². The number of nitrogen functional groups attached to an aromatic ring is 1. The van der Waals surface area contributed by atoms with Crippen LogP contribution in [0.1, 0.15) is 10.5 Å². The first-order chi connectivity index (χ1) is 9.72. The van der Waals surface area contributed by atoms with Gasteiger partial charge in [-0.25, -0.2) is 4.98 Å². The van der Waals surface area contributed by atoms with E-state index in [1.165, 1.54) is 16.1 Å². The van der Waals surface area contributed by atoms with Crippen molar-refractivity contribution in [1.29, 1.82) is 0 Å². The number of rotatable bonds is 3. The van der Waals surface area contributed by atoms with E-state index in [9.17, 15) is 4.79 Å². The predicted molar refractivity (Wildman–Crippen MR) is 75.8 cm³/mol. The summed E-state index contributed by atoms with van der Waals surface area (Å²) < 4.78 is 0. The zero-order valence-corrected chi connectivity index (χ0v) is 11.0. The van der Waals surface area contributed by atoms with Crippen LogP contribution in [0.25, 0.3) is 5.69 Å². The second kappa shape index (κ2) is 5.10. The average Bonchev–Trinajstić information content (AvgIpc) is 3.10. The van der Waals surface area contributed by atoms with Gasteiger partial charge in [0.2, 0.25) is 0 Å². The summed E-state index contributed by atoms with van der Waals surface area (Å²) >= 11 is 1.23. The molecule has 0 saturated heterocycles. The summed E-state index contributed by atoms with van der Waals surface area (Å²) in [6.07, 6.45) is 3.20. The molecule has 20 heavy (non-hydrogen) atoms. The molecule has 3 rings (SSSR count). The number of nitrogens with two attached hydrogens (primary N) is 1. The van der Waals surface area contributed by atoms with Gasteiger partial charge in [-0.3, -0.25) is 4.79 Å². The first-order valence-electron chi connectivity index (χ1n) is 5.71. The average molecular weight is 286 g/mol. The van der Waals surface area contributed by atoms with Crippen LogP contribution in [-0.2, 0) is 0 Å². The number of amides is 1. The summed E-state index contributed by atoms with van der Waals surface area (Å²) in [5.41, 5.74) is 7.28. The van der Waals surface area contributed by atoms with Crippen molar-refractivity contribution in [3.63, 3.8) is 0 Å². The minimum absolute atomic E-state index is 0.289. The quantitative estimate of drug-likeness (QED) is 0.761. The summed E-state index contributed by atoms with van der Waals surface area (Å²) in [6.45, 7) is 0. The number of carbonyl (C=O) groups is 1. The van der Waals surface area contributed by atoms with Crippen LogP contribution in [-0.4, -0.2) is 25.9 Å². The lowest BCUT2D eigenvalue weighted by Gasteiger charge is -2.04. The Morgan fingerprint density at radius 2 is 1.90 bits per heavy atom. The van der Waals surface area contributed by atoms with E-state index in [-0.39, 0.29) is 5.91 Å². The molecule has 0 radical (unpaired) electrons. The molecule has 0 aliphatic heterocycles. The van der Waals surface area contributed by atoms with Crippen molar-refractivity contribution in [2.75, 3.05) is 11.1 Å². The van der Waals surface area contributed by atoms with Gasteiger partial charge in [-0.2, -0.15) is 15.0 Å². The molecular formula is C12H10N6OS. The predicted octanol–water partition coefficient (Wildman–Crippen LogP) is 1.56. The van der Waals surface area contributed by atoms with E-state index in [1.807, 2.05) is 12.1 Å². The number of anilines is 2. The maximum Gasteiger partial charge on any atom is 0.275 e. The second-order valence-electron chi connectivity index (χ2n) is 3.89. The van der Waals surface area contributed by atoms with Gasteiger partial charge in [0.05, 0.1) is 18.1 Å². The fourth-order valence-electron chi connectivity index (χ4n) is 1.61. The zero-order chi connectivity index (χ0) is 13.9. The van der Waals surface area contributed by atoms with E-state index in [4.69, 9.17) is 5.73 Å². The van der Waals surface area contributed by atoms with Crippen molar-refractivity contribution in [3.05, 3.63) is 47.7 Å². The Kier molecular flexibility index (Phi) is 3.13. The molecule has 2 heterocycles. The fraction of sp³-hybridized carbons (Fsp3) is 0. The van der Waals surface area contributed by atoms with Gasteiger partial charge in [0, 0.05) is 11.1 Å². The maximum absolute atomic E-state index is 11.9. The van der Waals surface area contributed by atoms with Crippen LogP contribution in [0, 0.1) is 0 Å². The van der Waals surface area contributed by atoms with Crippen LogP contribution in [0.2, 0.25) is 0 Å². The fourth-order valence-corrected chi connectivity index (χ4v) is 2.16. The first-order valence-corrected chi connectivity index (χ1v) is 6.59. The van der Waals surface area contributed by atoms with Crippen LogP contribution in [0.5, 0.6) is 0 Å². The standard InChI is InChI=1S/C12H10N6OS/c13-12-17-10(7-20-12)11(19)16-8-1-3-9(4-2-8)18-14-5-6-15-18/h1-7H,(H2,13,17)(H,16,19). The number of hydrogen-bond acceptors (Lipinski definition) is 6. The van der Waals surface area contributed by atoms with Crippen molar-refractivity contribution < 1.29 is 4.79 Å². The van der Waals surface area contributed by atoms with Gasteiger partial charge < -0.3 is 11.1 Å². The highest BCUT2D eigenvalue weighted by atomic mass is 32.1. The van der Waals surface area contributed by atoms with Crippen molar-refractivity contribution in [2.24, 2.45) is 0 Å². The molecule has 0 unspecified atom stereocenters. The summed E-state index contributed by atoms with van der Waals surface area (Å²) in [5.74, 6) is -0.289. The van der Waals surface area contributed by atoms with Crippen molar-refractivity contribution >= 4 is 28.1 Å². The Labute approximate surface area is 118 Å². The molecule has 3 N–H and O–H groups in total. The molecule has 1 amide bonds. The zero-order valence-electron chi connectivity index (χ0n) is 10.2. The van der Waals surface area contributed by atoms with Gasteiger partial charge in [-0.1, -0.05) is 0 Å². The molecule has 0 spiro atoms. The SMILES string of the molecule is Nc1nc(C(=O)Nc2ccc(-n3nccn3)cc2)cs1. The first kappa shape index (κ1) is 12.3. The van der Waals surface area contributed by atoms with E-state index < -0.39 is 0 Å². The van der Waals surface area contributed by atoms with Crippen LogP contribution in [0.15, 0.2) is 42.0 Å². The van der Waals surface area contributed by atoms with Gasteiger partial charge in [-0.15, -0.1) is 11.3 Å². The number of thiazole rings is 1. The third-order valence-corrected chi connectivity index (χ3v) is 3.20. The number of aromatic nitrogens is 4. The minimum Gasteiger partial charge on any atom is -0.375 e. The molecule has 7 nitrogen and oxygen atoms in total. The Morgan fingerprint density at radius 3 is 2.50 bits per heavy atom. The maximum atomic E-state index is 11.9. The second-order valence-corrected chi connectivity index (χ2v) is 4.78. The van der Waals surface area contributed by atoms with Gasteiger partial charge in [0.1, 0.15) is 5.69 Å². The lowest BCUT2D eigenvalue weighted by molar-refractivity contribution is 0.102. The van der Waals surface area contributed by atoms with E-state index in [1.54, 1.807) is 29.9 Å². The van der Waals surface area contributed by atoms with Crippen molar-refractivity contribution in [3.8, 4) is 5.69 Å². The largest absolute Gasteiger partial charge is 0.375 e. The molecule has 2 aromatic heterocycles. The molecule has 100 valence electrons. The van der Waals surface area contributed by atoms with Crippen LogP contribution in [0.3, 0.4) is 0 Å². The molecule has 0 bridgehead atoms. The van der Waals surface area contributed by atoms with Crippen LogP contribution < -0.4 is 11.1 Å². The Morgan fingerprint density at radius 1 is 1.20 bits per heavy atom. The summed E-state index contributed by atoms with van der Waals surface area (Å²) in [5, 5.41) is 12.8. The molecular weight excluding hydrogens is 276 g/mol. The monoisotopic (exact) mass is 286 g/mol. The van der Waals surface area contributed by atoms with Crippen LogP contribution >= 0.6 is 11.3 Å². The number of carbonyl (C=O) groups excluding carboxylic acids is 1. The molecule has 0 saturated carbocycles. The number of nitrogens with one attached hydrogen (secondary N) is 1. The lowest BCUT2D eigenvalue weighted by atomic mass is 10.3. The van der Waals surface area contributed by atoms with E-state index in [0.29, 0.717) is 16.5 Å². The van der Waals surface area contributed by atoms with Crippen molar-refractivity contribution in [1.82, 2.24) is 20.0 Å². The highest BCUT2D eigenvalue weighted by Crippen LogP contribution is 2.15.